The van der Waals surface area contributed by atoms with E-state index in [2.05, 4.69) is 83.1 Å². The van der Waals surface area contributed by atoms with Crippen LogP contribution in [0, 0.1) is 34.6 Å². The second-order valence-corrected chi connectivity index (χ2v) is 6.82. The molecule has 1 heterocycles. The number of hydrogen-bond donors (Lipinski definition) is 0. The summed E-state index contributed by atoms with van der Waals surface area (Å²) in [6.45, 7) is 11.0. The Hall–Kier alpha value is -2.61. The molecule has 0 saturated heterocycles. The minimum Gasteiger partial charge on any atom is -0.489 e. The van der Waals surface area contributed by atoms with E-state index in [9.17, 15) is 0 Å². The fraction of sp³-hybridized carbons (Fsp3) is 0.261. The fourth-order valence-electron chi connectivity index (χ4n) is 3.28. The predicted molar refractivity (Wildman–Crippen MR) is 104 cm³/mol. The minimum absolute atomic E-state index is 0.536. The van der Waals surface area contributed by atoms with Crippen molar-refractivity contribution in [2.24, 2.45) is 0 Å². The van der Waals surface area contributed by atoms with Crippen LogP contribution in [0.2, 0.25) is 0 Å². The molecule has 2 nitrogen and oxygen atoms in total. The number of ether oxygens (including phenoxy) is 1. The zero-order valence-corrected chi connectivity index (χ0v) is 15.7. The molecule has 1 aromatic heterocycles. The highest BCUT2D eigenvalue weighted by atomic mass is 16.5. The third-order valence-electron chi connectivity index (χ3n) is 4.52. The molecule has 2 aromatic carbocycles. The summed E-state index contributed by atoms with van der Waals surface area (Å²) in [6.07, 6.45) is 0. The number of nitrogens with zero attached hydrogens (tertiary/aromatic N) is 1. The average Bonchev–Trinajstić information content (AvgIpc) is 2.53. The predicted octanol–water partition coefficient (Wildman–Crippen LogP) is 5.87. The Morgan fingerprint density at radius 3 is 2.04 bits per heavy atom. The molecule has 25 heavy (non-hydrogen) atoms. The van der Waals surface area contributed by atoms with Gasteiger partial charge in [-0.05, 0) is 75.1 Å². The summed E-state index contributed by atoms with van der Waals surface area (Å²) in [5, 5.41) is 0. The van der Waals surface area contributed by atoms with Crippen LogP contribution >= 0.6 is 0 Å². The van der Waals surface area contributed by atoms with E-state index in [4.69, 9.17) is 9.72 Å². The van der Waals surface area contributed by atoms with E-state index < -0.39 is 0 Å². The highest BCUT2D eigenvalue weighted by Crippen LogP contribution is 2.27. The molecule has 0 amide bonds. The molecule has 0 aliphatic heterocycles. The van der Waals surface area contributed by atoms with Crippen LogP contribution in [0.25, 0.3) is 11.3 Å². The van der Waals surface area contributed by atoms with E-state index in [1.54, 1.807) is 0 Å². The van der Waals surface area contributed by atoms with Crippen LogP contribution in [-0.4, -0.2) is 4.98 Å². The first kappa shape index (κ1) is 17.2. The van der Waals surface area contributed by atoms with E-state index in [0.717, 1.165) is 22.7 Å². The highest BCUT2D eigenvalue weighted by Gasteiger charge is 2.09. The zero-order chi connectivity index (χ0) is 18.0. The number of benzene rings is 2. The Balaban J connectivity index is 1.83. The quantitative estimate of drug-likeness (QED) is 0.596. The normalized spacial score (nSPS) is 10.8. The molecule has 3 rings (SSSR count). The lowest BCUT2D eigenvalue weighted by Crippen LogP contribution is -2.02. The van der Waals surface area contributed by atoms with Gasteiger partial charge in [0.25, 0.3) is 0 Å². The number of pyridine rings is 1. The summed E-state index contributed by atoms with van der Waals surface area (Å²) in [5.74, 6) is 0.913. The van der Waals surface area contributed by atoms with E-state index in [1.165, 1.54) is 27.8 Å². The van der Waals surface area contributed by atoms with E-state index in [1.807, 2.05) is 0 Å². The summed E-state index contributed by atoms with van der Waals surface area (Å²) in [7, 11) is 0. The van der Waals surface area contributed by atoms with Crippen molar-refractivity contribution in [1.82, 2.24) is 4.98 Å². The molecule has 2 heteroatoms. The number of rotatable bonds is 4. The Bertz CT molecular complexity index is 871. The molecule has 3 aromatic rings. The van der Waals surface area contributed by atoms with Crippen molar-refractivity contribution in [2.75, 3.05) is 0 Å². The molecule has 0 bridgehead atoms. The molecule has 128 valence electrons. The first-order valence-corrected chi connectivity index (χ1v) is 8.68. The fourth-order valence-corrected chi connectivity index (χ4v) is 3.28. The van der Waals surface area contributed by atoms with Gasteiger partial charge in [0, 0.05) is 16.8 Å². The van der Waals surface area contributed by atoms with Gasteiger partial charge in [0.2, 0.25) is 0 Å². The SMILES string of the molecule is Cc1cc(C)cc(OCc2ccc(-c3c(C)cccc3C)nc2C)c1. The smallest absolute Gasteiger partial charge is 0.120 e. The lowest BCUT2D eigenvalue weighted by Gasteiger charge is -2.13. The van der Waals surface area contributed by atoms with Gasteiger partial charge in [0.05, 0.1) is 5.69 Å². The molecule has 0 N–H and O–H groups in total. The van der Waals surface area contributed by atoms with E-state index in [0.29, 0.717) is 6.61 Å². The van der Waals surface area contributed by atoms with Crippen LogP contribution in [0.4, 0.5) is 0 Å². The van der Waals surface area contributed by atoms with Crippen molar-refractivity contribution in [1.29, 1.82) is 0 Å². The topological polar surface area (TPSA) is 22.1 Å². The Morgan fingerprint density at radius 1 is 0.800 bits per heavy atom. The van der Waals surface area contributed by atoms with Gasteiger partial charge < -0.3 is 4.74 Å². The minimum atomic E-state index is 0.536. The van der Waals surface area contributed by atoms with Crippen molar-refractivity contribution in [3.63, 3.8) is 0 Å². The maximum absolute atomic E-state index is 5.99. The van der Waals surface area contributed by atoms with Gasteiger partial charge in [-0.25, -0.2) is 0 Å². The van der Waals surface area contributed by atoms with Crippen LogP contribution in [0.3, 0.4) is 0 Å². The second kappa shape index (κ2) is 7.10. The average molecular weight is 331 g/mol. The number of aryl methyl sites for hydroxylation is 5. The second-order valence-electron chi connectivity index (χ2n) is 6.82. The number of hydrogen-bond acceptors (Lipinski definition) is 2. The third-order valence-corrected chi connectivity index (χ3v) is 4.52. The van der Waals surface area contributed by atoms with Crippen molar-refractivity contribution in [3.05, 3.63) is 82.0 Å². The largest absolute Gasteiger partial charge is 0.489 e. The maximum atomic E-state index is 5.99. The van der Waals surface area contributed by atoms with Gasteiger partial charge in [0.1, 0.15) is 12.4 Å². The molecule has 0 spiro atoms. The van der Waals surface area contributed by atoms with Gasteiger partial charge in [-0.2, -0.15) is 0 Å². The van der Waals surface area contributed by atoms with Crippen LogP contribution in [0.5, 0.6) is 5.75 Å². The summed E-state index contributed by atoms with van der Waals surface area (Å²) in [4.78, 5) is 4.83. The monoisotopic (exact) mass is 331 g/mol. The van der Waals surface area contributed by atoms with Crippen LogP contribution in [0.1, 0.15) is 33.5 Å². The van der Waals surface area contributed by atoms with Crippen LogP contribution in [-0.2, 0) is 6.61 Å². The van der Waals surface area contributed by atoms with Crippen LogP contribution < -0.4 is 4.74 Å². The molecule has 0 radical (unpaired) electrons. The number of aromatic nitrogens is 1. The zero-order valence-electron chi connectivity index (χ0n) is 15.7. The highest BCUT2D eigenvalue weighted by molar-refractivity contribution is 5.67. The van der Waals surface area contributed by atoms with Gasteiger partial charge in [-0.3, -0.25) is 4.98 Å². The van der Waals surface area contributed by atoms with Crippen LogP contribution in [0.15, 0.2) is 48.5 Å². The van der Waals surface area contributed by atoms with Crippen molar-refractivity contribution in [2.45, 2.75) is 41.2 Å². The summed E-state index contributed by atoms with van der Waals surface area (Å²) in [5.41, 5.74) is 9.34. The first-order valence-electron chi connectivity index (χ1n) is 8.68. The Morgan fingerprint density at radius 2 is 1.44 bits per heavy atom. The van der Waals surface area contributed by atoms with Gasteiger partial charge in [-0.1, -0.05) is 30.3 Å². The molecule has 0 aliphatic carbocycles. The van der Waals surface area contributed by atoms with Gasteiger partial charge in [-0.15, -0.1) is 0 Å². The Labute approximate surface area is 150 Å². The molecule has 0 atom stereocenters. The molecule has 0 aliphatic rings. The van der Waals surface area contributed by atoms with Crippen molar-refractivity contribution < 1.29 is 4.74 Å². The Kier molecular flexibility index (Phi) is 4.89. The maximum Gasteiger partial charge on any atom is 0.120 e. The lowest BCUT2D eigenvalue weighted by molar-refractivity contribution is 0.304. The first-order chi connectivity index (χ1) is 11.9. The molecular weight excluding hydrogens is 306 g/mol. The summed E-state index contributed by atoms with van der Waals surface area (Å²) in [6, 6.07) is 16.9. The molecular formula is C23H25NO. The summed E-state index contributed by atoms with van der Waals surface area (Å²) >= 11 is 0. The molecule has 0 saturated carbocycles. The van der Waals surface area contributed by atoms with Crippen molar-refractivity contribution in [3.8, 4) is 17.0 Å². The van der Waals surface area contributed by atoms with Gasteiger partial charge >= 0.3 is 0 Å². The molecule has 0 fully saturated rings. The van der Waals surface area contributed by atoms with E-state index in [-0.39, 0.29) is 0 Å². The molecule has 0 unspecified atom stereocenters. The summed E-state index contributed by atoms with van der Waals surface area (Å²) < 4.78 is 5.99. The third kappa shape index (κ3) is 3.90. The van der Waals surface area contributed by atoms with Gasteiger partial charge in [0.15, 0.2) is 0 Å². The van der Waals surface area contributed by atoms with E-state index >= 15 is 0 Å². The lowest BCUT2D eigenvalue weighted by atomic mass is 9.99. The van der Waals surface area contributed by atoms with Crippen molar-refractivity contribution >= 4 is 0 Å². The standard InChI is InChI=1S/C23H25NO/c1-15-11-16(2)13-21(12-15)25-14-20-9-10-22(24-19(20)5)23-17(3)7-6-8-18(23)4/h6-13H,14H2,1-5H3.